The van der Waals surface area contributed by atoms with Crippen LogP contribution in [0.1, 0.15) is 11.8 Å². The Hall–Kier alpha value is -2.99. The summed E-state index contributed by atoms with van der Waals surface area (Å²) in [6.07, 6.45) is -1.67. The van der Waals surface area contributed by atoms with E-state index in [2.05, 4.69) is 20.3 Å². The average molecular weight is 389 g/mol. The zero-order chi connectivity index (χ0) is 19.8. The molecule has 3 heterocycles. The molecule has 148 valence electrons. The Morgan fingerprint density at radius 2 is 1.93 bits per heavy atom. The summed E-state index contributed by atoms with van der Waals surface area (Å²) < 4.78 is 6.97. The van der Waals surface area contributed by atoms with Gasteiger partial charge in [0.15, 0.2) is 23.2 Å². The van der Waals surface area contributed by atoms with Crippen molar-refractivity contribution >= 4 is 17.0 Å². The maximum atomic E-state index is 10.2. The Balaban J connectivity index is 1.61. The molecule has 0 saturated carbocycles. The fraction of sp³-hybridized carbons (Fsp3) is 0.353. The van der Waals surface area contributed by atoms with E-state index in [1.54, 1.807) is 0 Å². The van der Waals surface area contributed by atoms with Crippen LogP contribution in [-0.2, 0) is 11.3 Å². The van der Waals surface area contributed by atoms with Crippen molar-refractivity contribution in [1.29, 1.82) is 0 Å². The highest BCUT2D eigenvalue weighted by molar-refractivity contribution is 5.82. The summed E-state index contributed by atoms with van der Waals surface area (Å²) in [7, 11) is 0. The first kappa shape index (κ1) is 18.4. The number of hydrogen-bond donors (Lipinski definition) is 6. The highest BCUT2D eigenvalue weighted by atomic mass is 16.6. The first-order valence-corrected chi connectivity index (χ1v) is 8.54. The van der Waals surface area contributed by atoms with E-state index in [0.717, 1.165) is 0 Å². The highest BCUT2D eigenvalue weighted by Gasteiger charge is 2.44. The number of phenolic OH excluding ortho intramolecular Hbond substituents is 2. The Kier molecular flexibility index (Phi) is 4.73. The fourth-order valence-electron chi connectivity index (χ4n) is 3.17. The summed E-state index contributed by atoms with van der Waals surface area (Å²) in [5.74, 6) is 0.418. The van der Waals surface area contributed by atoms with Crippen LogP contribution in [0.3, 0.4) is 0 Å². The summed E-state index contributed by atoms with van der Waals surface area (Å²) in [5, 5.41) is 51.9. The highest BCUT2D eigenvalue weighted by Crippen LogP contribution is 2.32. The molecule has 11 heteroatoms. The molecule has 28 heavy (non-hydrogen) atoms. The summed E-state index contributed by atoms with van der Waals surface area (Å²) in [6.45, 7) is -0.260. The lowest BCUT2D eigenvalue weighted by Crippen LogP contribution is -2.33. The van der Waals surface area contributed by atoms with E-state index < -0.39 is 31.1 Å². The van der Waals surface area contributed by atoms with E-state index in [0.29, 0.717) is 22.5 Å². The molecule has 2 aromatic heterocycles. The van der Waals surface area contributed by atoms with Gasteiger partial charge in [0.1, 0.15) is 36.1 Å². The van der Waals surface area contributed by atoms with Crippen LogP contribution in [0.5, 0.6) is 11.5 Å². The van der Waals surface area contributed by atoms with Crippen molar-refractivity contribution in [3.8, 4) is 11.5 Å². The molecule has 4 rings (SSSR count). The maximum absolute atomic E-state index is 10.2. The van der Waals surface area contributed by atoms with Gasteiger partial charge in [-0.05, 0) is 18.2 Å². The van der Waals surface area contributed by atoms with Crippen molar-refractivity contribution in [1.82, 2.24) is 19.5 Å². The summed E-state index contributed by atoms with van der Waals surface area (Å²) >= 11 is 0. The van der Waals surface area contributed by atoms with Gasteiger partial charge < -0.3 is 35.6 Å². The van der Waals surface area contributed by atoms with E-state index in [1.165, 1.54) is 35.4 Å². The van der Waals surface area contributed by atoms with Gasteiger partial charge in [-0.2, -0.15) is 0 Å². The molecule has 4 atom stereocenters. The van der Waals surface area contributed by atoms with Gasteiger partial charge in [-0.3, -0.25) is 4.57 Å². The summed E-state index contributed by atoms with van der Waals surface area (Å²) in [5.41, 5.74) is 1.21. The molecule has 1 aromatic carbocycles. The maximum Gasteiger partial charge on any atom is 0.167 e. The number of benzene rings is 1. The molecule has 3 aromatic rings. The number of nitrogens with one attached hydrogen (secondary N) is 1. The van der Waals surface area contributed by atoms with Gasteiger partial charge in [-0.15, -0.1) is 0 Å². The number of ether oxygens (including phenoxy) is 1. The van der Waals surface area contributed by atoms with Crippen LogP contribution < -0.4 is 5.32 Å². The van der Waals surface area contributed by atoms with Crippen molar-refractivity contribution in [2.75, 3.05) is 11.9 Å². The molecule has 1 saturated heterocycles. The SMILES string of the molecule is OC[C@H]1O[C@@H](n2cnc3c(NCc4cc(O)ccc4O)ncnc32)[C@@H](O)[C@@H]1O. The van der Waals surface area contributed by atoms with Gasteiger partial charge in [0.25, 0.3) is 0 Å². The monoisotopic (exact) mass is 389 g/mol. The van der Waals surface area contributed by atoms with Gasteiger partial charge in [-0.25, -0.2) is 15.0 Å². The second-order valence-electron chi connectivity index (χ2n) is 6.44. The third-order valence-electron chi connectivity index (χ3n) is 4.66. The predicted molar refractivity (Wildman–Crippen MR) is 95.4 cm³/mol. The van der Waals surface area contributed by atoms with Crippen LogP contribution in [0.15, 0.2) is 30.9 Å². The minimum absolute atomic E-state index is 0.0210. The first-order valence-electron chi connectivity index (χ1n) is 8.54. The topological polar surface area (TPSA) is 166 Å². The third kappa shape index (κ3) is 3.10. The van der Waals surface area contributed by atoms with Crippen molar-refractivity contribution in [2.45, 2.75) is 31.1 Å². The second kappa shape index (κ2) is 7.20. The number of hydrogen-bond acceptors (Lipinski definition) is 10. The smallest absolute Gasteiger partial charge is 0.167 e. The predicted octanol–water partition coefficient (Wildman–Crippen LogP) is -0.539. The van der Waals surface area contributed by atoms with Crippen molar-refractivity contribution in [3.63, 3.8) is 0 Å². The molecule has 0 unspecified atom stereocenters. The second-order valence-corrected chi connectivity index (χ2v) is 6.44. The van der Waals surface area contributed by atoms with Crippen molar-refractivity contribution in [2.24, 2.45) is 0 Å². The molecule has 11 nitrogen and oxygen atoms in total. The number of phenols is 2. The lowest BCUT2D eigenvalue weighted by Gasteiger charge is -2.16. The number of imidazole rings is 1. The number of nitrogens with zero attached hydrogens (tertiary/aromatic N) is 4. The number of aromatic hydroxyl groups is 2. The Morgan fingerprint density at radius 1 is 1.11 bits per heavy atom. The van der Waals surface area contributed by atoms with E-state index in [9.17, 15) is 25.5 Å². The molecule has 0 bridgehead atoms. The van der Waals surface area contributed by atoms with Gasteiger partial charge in [0.05, 0.1) is 12.9 Å². The van der Waals surface area contributed by atoms with Crippen LogP contribution in [0.25, 0.3) is 11.2 Å². The van der Waals surface area contributed by atoms with Crippen molar-refractivity contribution in [3.05, 3.63) is 36.4 Å². The van der Waals surface area contributed by atoms with E-state index in [1.807, 2.05) is 0 Å². The molecular weight excluding hydrogens is 370 g/mol. The lowest BCUT2D eigenvalue weighted by molar-refractivity contribution is -0.0511. The van der Waals surface area contributed by atoms with Crippen LogP contribution in [0, 0.1) is 0 Å². The molecule has 1 fully saturated rings. The summed E-state index contributed by atoms with van der Waals surface area (Å²) in [4.78, 5) is 12.6. The van der Waals surface area contributed by atoms with E-state index >= 15 is 0 Å². The molecule has 6 N–H and O–H groups in total. The fourth-order valence-corrected chi connectivity index (χ4v) is 3.17. The standard InChI is InChI=1S/C17H19N5O6/c23-5-11-13(26)14(27)17(28-11)22-7-21-12-15(19-6-20-16(12)22)18-4-8-3-9(24)1-2-10(8)25/h1-3,6-7,11,13-14,17,23-27H,4-5H2,(H,18,19,20)/t11-,13-,14+,17-/m1/s1. The molecule has 0 spiro atoms. The molecule has 0 radical (unpaired) electrons. The molecule has 1 aliphatic heterocycles. The Bertz CT molecular complexity index is 995. The van der Waals surface area contributed by atoms with Gasteiger partial charge in [0, 0.05) is 12.1 Å². The van der Waals surface area contributed by atoms with E-state index in [-0.39, 0.29) is 18.0 Å². The quantitative estimate of drug-likeness (QED) is 0.312. The van der Waals surface area contributed by atoms with Gasteiger partial charge >= 0.3 is 0 Å². The van der Waals surface area contributed by atoms with Gasteiger partial charge in [-0.1, -0.05) is 0 Å². The van der Waals surface area contributed by atoms with Crippen molar-refractivity contribution < 1.29 is 30.3 Å². The number of aromatic nitrogens is 4. The Labute approximate surface area is 158 Å². The molecule has 0 aliphatic carbocycles. The van der Waals surface area contributed by atoms with Crippen LogP contribution in [0.2, 0.25) is 0 Å². The average Bonchev–Trinajstić information content (AvgIpc) is 3.24. The molecule has 1 aliphatic rings. The minimum Gasteiger partial charge on any atom is -0.508 e. The lowest BCUT2D eigenvalue weighted by atomic mass is 10.1. The Morgan fingerprint density at radius 3 is 2.68 bits per heavy atom. The van der Waals surface area contributed by atoms with E-state index in [4.69, 9.17) is 4.74 Å². The van der Waals surface area contributed by atoms with Crippen LogP contribution in [-0.4, -0.2) is 70.0 Å². The number of aliphatic hydroxyl groups is 3. The van der Waals surface area contributed by atoms with Gasteiger partial charge in [0.2, 0.25) is 0 Å². The summed E-state index contributed by atoms with van der Waals surface area (Å²) in [6, 6.07) is 4.20. The largest absolute Gasteiger partial charge is 0.508 e. The van der Waals surface area contributed by atoms with Crippen LogP contribution >= 0.6 is 0 Å². The molecule has 0 amide bonds. The molecular formula is C17H19N5O6. The minimum atomic E-state index is -1.26. The van der Waals surface area contributed by atoms with Crippen LogP contribution in [0.4, 0.5) is 5.82 Å². The number of aliphatic hydroxyl groups excluding tert-OH is 3. The third-order valence-corrected chi connectivity index (χ3v) is 4.66. The zero-order valence-electron chi connectivity index (χ0n) is 14.5. The normalized spacial score (nSPS) is 24.7. The first-order chi connectivity index (χ1) is 13.5. The zero-order valence-corrected chi connectivity index (χ0v) is 14.5. The number of rotatable bonds is 5. The number of anilines is 1. The number of fused-ring (bicyclic) bond motifs is 1.